The van der Waals surface area contributed by atoms with Crippen molar-refractivity contribution >= 4 is 17.6 Å². The van der Waals surface area contributed by atoms with E-state index >= 15 is 0 Å². The average Bonchev–Trinajstić information content (AvgIpc) is 2.81. The number of rotatable bonds is 3. The molecular weight excluding hydrogens is 414 g/mol. The van der Waals surface area contributed by atoms with Crippen LogP contribution in [0.2, 0.25) is 0 Å². The standard InChI is InChI=1S/C20H16F6N2O2/c1-18(11-12-6-4-3-5-7-12)16(29)28(17(30)27(18)2)15-9-13(19(21,22)23)8-14(10-15)20(24,25)26/h3-10H,11H2,1-2H3/t18-/m0/s1. The highest BCUT2D eigenvalue weighted by atomic mass is 19.4. The zero-order chi connectivity index (χ0) is 22.5. The van der Waals surface area contributed by atoms with Crippen molar-refractivity contribution in [3.63, 3.8) is 0 Å². The lowest BCUT2D eigenvalue weighted by Crippen LogP contribution is -2.47. The Balaban J connectivity index is 2.09. The molecule has 10 heteroatoms. The lowest BCUT2D eigenvalue weighted by Gasteiger charge is -2.28. The fourth-order valence-electron chi connectivity index (χ4n) is 3.32. The number of carbonyl (C=O) groups excluding carboxylic acids is 2. The largest absolute Gasteiger partial charge is 0.416 e. The van der Waals surface area contributed by atoms with Crippen LogP contribution in [0.25, 0.3) is 0 Å². The van der Waals surface area contributed by atoms with Crippen LogP contribution in [0.1, 0.15) is 23.6 Å². The molecule has 3 amide bonds. The second-order valence-electron chi connectivity index (χ2n) is 7.18. The molecule has 1 heterocycles. The van der Waals surface area contributed by atoms with Gasteiger partial charge in [0.15, 0.2) is 0 Å². The summed E-state index contributed by atoms with van der Waals surface area (Å²) in [5.41, 5.74) is -4.80. The van der Waals surface area contributed by atoms with E-state index in [9.17, 15) is 35.9 Å². The Hall–Kier alpha value is -3.04. The molecule has 0 aliphatic carbocycles. The molecule has 0 N–H and O–H groups in total. The molecule has 1 atom stereocenters. The van der Waals surface area contributed by atoms with E-state index in [1.54, 1.807) is 30.3 Å². The van der Waals surface area contributed by atoms with E-state index in [1.165, 1.54) is 14.0 Å². The summed E-state index contributed by atoms with van der Waals surface area (Å²) >= 11 is 0. The number of amides is 3. The Bertz CT molecular complexity index is 955. The highest BCUT2D eigenvalue weighted by Crippen LogP contribution is 2.41. The number of nitrogens with zero attached hydrogens (tertiary/aromatic N) is 2. The molecular formula is C20H16F6N2O2. The summed E-state index contributed by atoms with van der Waals surface area (Å²) in [5, 5.41) is 0. The number of likely N-dealkylation sites (N-methyl/N-ethyl adjacent to an activating group) is 1. The van der Waals surface area contributed by atoms with Crippen LogP contribution < -0.4 is 4.90 Å². The Morgan fingerprint density at radius 1 is 0.867 bits per heavy atom. The third-order valence-electron chi connectivity index (χ3n) is 5.10. The molecule has 1 fully saturated rings. The van der Waals surface area contributed by atoms with Gasteiger partial charge in [-0.25, -0.2) is 9.69 Å². The summed E-state index contributed by atoms with van der Waals surface area (Å²) in [5.74, 6) is -0.911. The first-order valence-electron chi connectivity index (χ1n) is 8.71. The van der Waals surface area contributed by atoms with Crippen LogP contribution >= 0.6 is 0 Å². The molecule has 1 saturated heterocycles. The molecule has 0 bridgehead atoms. The number of urea groups is 1. The number of imide groups is 1. The van der Waals surface area contributed by atoms with Gasteiger partial charge in [0, 0.05) is 13.5 Å². The molecule has 0 radical (unpaired) electrons. The Labute approximate surface area is 167 Å². The fourth-order valence-corrected chi connectivity index (χ4v) is 3.32. The first-order valence-corrected chi connectivity index (χ1v) is 8.71. The maximum absolute atomic E-state index is 13.2. The summed E-state index contributed by atoms with van der Waals surface area (Å²) < 4.78 is 79.0. The van der Waals surface area contributed by atoms with Crippen molar-refractivity contribution in [3.8, 4) is 0 Å². The van der Waals surface area contributed by atoms with Gasteiger partial charge >= 0.3 is 18.4 Å². The van der Waals surface area contributed by atoms with Gasteiger partial charge in [-0.15, -0.1) is 0 Å². The summed E-state index contributed by atoms with van der Waals surface area (Å²) in [6.45, 7) is 1.42. The van der Waals surface area contributed by atoms with Gasteiger partial charge < -0.3 is 4.90 Å². The average molecular weight is 430 g/mol. The van der Waals surface area contributed by atoms with Crippen LogP contribution in [0.4, 0.5) is 36.8 Å². The van der Waals surface area contributed by atoms with Gasteiger partial charge in [0.25, 0.3) is 5.91 Å². The molecule has 3 rings (SSSR count). The zero-order valence-electron chi connectivity index (χ0n) is 15.8. The van der Waals surface area contributed by atoms with Crippen molar-refractivity contribution in [2.45, 2.75) is 31.2 Å². The van der Waals surface area contributed by atoms with Gasteiger partial charge in [-0.05, 0) is 30.7 Å². The number of carbonyl (C=O) groups is 2. The third kappa shape index (κ3) is 3.73. The molecule has 0 spiro atoms. The molecule has 2 aromatic carbocycles. The van der Waals surface area contributed by atoms with Gasteiger partial charge in [-0.1, -0.05) is 30.3 Å². The zero-order valence-corrected chi connectivity index (χ0v) is 15.8. The predicted molar refractivity (Wildman–Crippen MR) is 95.6 cm³/mol. The lowest BCUT2D eigenvalue weighted by atomic mass is 9.91. The molecule has 0 saturated carbocycles. The number of anilines is 1. The van der Waals surface area contributed by atoms with E-state index in [0.717, 1.165) is 4.90 Å². The summed E-state index contributed by atoms with van der Waals surface area (Å²) in [6.07, 6.45) is -10.2. The Kier molecular flexibility index (Phi) is 5.08. The predicted octanol–water partition coefficient (Wildman–Crippen LogP) is 5.12. The third-order valence-corrected chi connectivity index (χ3v) is 5.10. The highest BCUT2D eigenvalue weighted by molar-refractivity contribution is 6.23. The van der Waals surface area contributed by atoms with Crippen molar-refractivity contribution in [3.05, 3.63) is 65.2 Å². The van der Waals surface area contributed by atoms with Crippen LogP contribution in [-0.4, -0.2) is 29.4 Å². The van der Waals surface area contributed by atoms with Crippen molar-refractivity contribution in [2.24, 2.45) is 0 Å². The quantitative estimate of drug-likeness (QED) is 0.501. The number of halogens is 6. The monoisotopic (exact) mass is 430 g/mol. The SMILES string of the molecule is CN1C(=O)N(c2cc(C(F)(F)F)cc(C(F)(F)F)c2)C(=O)[C@]1(C)Cc1ccccc1. The first-order chi connectivity index (χ1) is 13.7. The van der Waals surface area contributed by atoms with Gasteiger partial charge in [-0.3, -0.25) is 4.79 Å². The summed E-state index contributed by atoms with van der Waals surface area (Å²) in [7, 11) is 1.28. The molecule has 1 aliphatic rings. The minimum absolute atomic E-state index is 0.0382. The van der Waals surface area contributed by atoms with Gasteiger partial charge in [0.2, 0.25) is 0 Å². The number of hydrogen-bond acceptors (Lipinski definition) is 2. The topological polar surface area (TPSA) is 40.6 Å². The molecule has 0 aromatic heterocycles. The van der Waals surface area contributed by atoms with Crippen molar-refractivity contribution in [1.29, 1.82) is 0 Å². The van der Waals surface area contributed by atoms with Crippen LogP contribution in [0.5, 0.6) is 0 Å². The minimum Gasteiger partial charge on any atom is -0.312 e. The number of hydrogen-bond donors (Lipinski definition) is 0. The molecule has 160 valence electrons. The summed E-state index contributed by atoms with van der Waals surface area (Å²) in [6, 6.07) is 8.23. The Morgan fingerprint density at radius 3 is 1.83 bits per heavy atom. The van der Waals surface area contributed by atoms with Crippen molar-refractivity contribution < 1.29 is 35.9 Å². The van der Waals surface area contributed by atoms with Gasteiger partial charge in [0.05, 0.1) is 16.8 Å². The van der Waals surface area contributed by atoms with E-state index in [-0.39, 0.29) is 12.5 Å². The normalized spacial score (nSPS) is 20.3. The van der Waals surface area contributed by atoms with Crippen molar-refractivity contribution in [2.75, 3.05) is 11.9 Å². The van der Waals surface area contributed by atoms with Gasteiger partial charge in [-0.2, -0.15) is 26.3 Å². The second-order valence-corrected chi connectivity index (χ2v) is 7.18. The maximum atomic E-state index is 13.2. The fraction of sp³-hybridized carbons (Fsp3) is 0.300. The molecule has 0 unspecified atom stereocenters. The maximum Gasteiger partial charge on any atom is 0.416 e. The smallest absolute Gasteiger partial charge is 0.312 e. The highest BCUT2D eigenvalue weighted by Gasteiger charge is 2.53. The van der Waals surface area contributed by atoms with Crippen LogP contribution in [0.3, 0.4) is 0 Å². The molecule has 4 nitrogen and oxygen atoms in total. The van der Waals surface area contributed by atoms with Crippen LogP contribution in [0, 0.1) is 0 Å². The lowest BCUT2D eigenvalue weighted by molar-refractivity contribution is -0.143. The Morgan fingerprint density at radius 2 is 1.37 bits per heavy atom. The summed E-state index contributed by atoms with van der Waals surface area (Å²) in [4.78, 5) is 27.2. The van der Waals surface area contributed by atoms with E-state index in [2.05, 4.69) is 0 Å². The van der Waals surface area contributed by atoms with E-state index < -0.39 is 46.6 Å². The van der Waals surface area contributed by atoms with Crippen LogP contribution in [0.15, 0.2) is 48.5 Å². The van der Waals surface area contributed by atoms with E-state index in [4.69, 9.17) is 0 Å². The minimum atomic E-state index is -5.10. The van der Waals surface area contributed by atoms with Crippen molar-refractivity contribution in [1.82, 2.24) is 4.90 Å². The van der Waals surface area contributed by atoms with E-state index in [1.807, 2.05) is 0 Å². The first kappa shape index (κ1) is 21.7. The van der Waals surface area contributed by atoms with E-state index in [0.29, 0.717) is 22.6 Å². The molecule has 30 heavy (non-hydrogen) atoms. The molecule has 2 aromatic rings. The van der Waals surface area contributed by atoms with Crippen LogP contribution in [-0.2, 0) is 23.6 Å². The second kappa shape index (κ2) is 7.03. The molecule has 1 aliphatic heterocycles. The number of alkyl halides is 6. The number of benzene rings is 2. The van der Waals surface area contributed by atoms with Gasteiger partial charge in [0.1, 0.15) is 5.54 Å².